The number of likely N-dealkylation sites (tertiary alicyclic amines) is 1. The lowest BCUT2D eigenvalue weighted by molar-refractivity contribution is -0.143. The highest BCUT2D eigenvalue weighted by Gasteiger charge is 2.85. The van der Waals surface area contributed by atoms with E-state index in [1.54, 1.807) is 25.7 Å². The Balaban J connectivity index is 1.63. The van der Waals surface area contributed by atoms with Gasteiger partial charge in [-0.1, -0.05) is 60.3 Å². The summed E-state index contributed by atoms with van der Waals surface area (Å²) in [4.78, 5) is 67.3. The van der Waals surface area contributed by atoms with Crippen molar-refractivity contribution in [2.45, 2.75) is 130 Å². The Kier molecular flexibility index (Phi) is 7.83. The standard InChI is InChI=1S/C31H50N4O6/c1-27(2,3)22(34-26(40)41-28(4,5)6)25(39)35-17-31(29(7,8)30(31)13-10-14-30)16-20(35)24(38)33-19(21(36)23(32)37)15-18-11-9-12-18/h18-20,22H,9-17H2,1-8H3,(H2,32,37)(H,33,38)(H,34,40)/t19?,20-,22+,31?/m0/s1. The van der Waals surface area contributed by atoms with Crippen molar-refractivity contribution < 1.29 is 28.7 Å². The smallest absolute Gasteiger partial charge is 0.408 e. The molecule has 2 spiro atoms. The summed E-state index contributed by atoms with van der Waals surface area (Å²) in [6.45, 7) is 15.7. The number of nitrogens with two attached hydrogens (primary N) is 1. The van der Waals surface area contributed by atoms with Gasteiger partial charge in [-0.3, -0.25) is 19.2 Å². The molecule has 1 saturated heterocycles. The molecule has 0 radical (unpaired) electrons. The lowest BCUT2D eigenvalue weighted by atomic mass is 9.73. The third-order valence-electron chi connectivity index (χ3n) is 10.8. The minimum atomic E-state index is -1.07. The van der Waals surface area contributed by atoms with E-state index in [2.05, 4.69) is 24.5 Å². The van der Waals surface area contributed by atoms with Crippen LogP contribution in [-0.4, -0.2) is 64.8 Å². The first-order valence-electron chi connectivity index (χ1n) is 15.2. The second-order valence-corrected chi connectivity index (χ2v) is 15.6. The molecule has 4 amide bonds. The van der Waals surface area contributed by atoms with Gasteiger partial charge >= 0.3 is 6.09 Å². The lowest BCUT2D eigenvalue weighted by Crippen LogP contribution is -2.59. The second-order valence-electron chi connectivity index (χ2n) is 15.6. The molecule has 4 fully saturated rings. The van der Waals surface area contributed by atoms with Crippen LogP contribution >= 0.6 is 0 Å². The van der Waals surface area contributed by atoms with Crippen LogP contribution in [0.1, 0.15) is 107 Å². The third kappa shape index (κ3) is 5.36. The van der Waals surface area contributed by atoms with Crippen molar-refractivity contribution in [1.82, 2.24) is 15.5 Å². The number of ketones is 1. The molecule has 0 aromatic rings. The monoisotopic (exact) mass is 574 g/mol. The van der Waals surface area contributed by atoms with Gasteiger partial charge in [0.05, 0.1) is 6.04 Å². The molecule has 1 heterocycles. The van der Waals surface area contributed by atoms with Gasteiger partial charge < -0.3 is 26.0 Å². The number of fused-ring (bicyclic) bond motifs is 1. The summed E-state index contributed by atoms with van der Waals surface area (Å²) < 4.78 is 5.47. The Morgan fingerprint density at radius 2 is 1.56 bits per heavy atom. The van der Waals surface area contributed by atoms with E-state index in [1.165, 1.54) is 0 Å². The molecule has 4 aliphatic rings. The fraction of sp³-hybridized carbons (Fsp3) is 0.839. The van der Waals surface area contributed by atoms with Gasteiger partial charge in [-0.05, 0) is 68.6 Å². The zero-order valence-corrected chi connectivity index (χ0v) is 26.1. The largest absolute Gasteiger partial charge is 0.444 e. The van der Waals surface area contributed by atoms with Gasteiger partial charge in [0, 0.05) is 12.0 Å². The zero-order valence-electron chi connectivity index (χ0n) is 26.1. The number of carbonyl (C=O) groups is 5. The zero-order chi connectivity index (χ0) is 30.8. The van der Waals surface area contributed by atoms with E-state index >= 15 is 0 Å². The Morgan fingerprint density at radius 3 is 1.98 bits per heavy atom. The van der Waals surface area contributed by atoms with Crippen molar-refractivity contribution in [1.29, 1.82) is 0 Å². The molecule has 4 N–H and O–H groups in total. The number of hydrogen-bond donors (Lipinski definition) is 3. The molecule has 10 nitrogen and oxygen atoms in total. The number of carbonyl (C=O) groups excluding carboxylic acids is 5. The number of ether oxygens (including phenoxy) is 1. The molecule has 3 saturated carbocycles. The summed E-state index contributed by atoms with van der Waals surface area (Å²) in [5.41, 5.74) is 3.70. The molecule has 2 unspecified atom stereocenters. The number of hydrogen-bond acceptors (Lipinski definition) is 6. The van der Waals surface area contributed by atoms with Gasteiger partial charge in [-0.2, -0.15) is 0 Å². The van der Waals surface area contributed by atoms with E-state index in [-0.39, 0.29) is 28.1 Å². The maximum atomic E-state index is 14.3. The summed E-state index contributed by atoms with van der Waals surface area (Å²) in [5.74, 6) is -2.43. The number of nitrogens with zero attached hydrogens (tertiary/aromatic N) is 1. The lowest BCUT2D eigenvalue weighted by Gasteiger charge is -2.36. The Labute approximate surface area is 244 Å². The maximum absolute atomic E-state index is 14.3. The predicted molar refractivity (Wildman–Crippen MR) is 153 cm³/mol. The second kappa shape index (κ2) is 10.3. The number of nitrogens with one attached hydrogen (secondary N) is 2. The average Bonchev–Trinajstić information content (AvgIpc) is 3.01. The van der Waals surface area contributed by atoms with E-state index < -0.39 is 52.8 Å². The van der Waals surface area contributed by atoms with Crippen molar-refractivity contribution in [3.05, 3.63) is 0 Å². The number of primary amides is 1. The third-order valence-corrected chi connectivity index (χ3v) is 10.8. The molecule has 4 atom stereocenters. The van der Waals surface area contributed by atoms with Crippen molar-refractivity contribution in [3.8, 4) is 0 Å². The molecule has 41 heavy (non-hydrogen) atoms. The van der Waals surface area contributed by atoms with Crippen molar-refractivity contribution in [3.63, 3.8) is 0 Å². The summed E-state index contributed by atoms with van der Waals surface area (Å²) >= 11 is 0. The minimum absolute atomic E-state index is 0.0595. The van der Waals surface area contributed by atoms with Gasteiger partial charge in [0.25, 0.3) is 5.91 Å². The fourth-order valence-electron chi connectivity index (χ4n) is 8.04. The van der Waals surface area contributed by atoms with E-state index in [9.17, 15) is 24.0 Å². The number of Topliss-reactive ketones (excluding diaryl/α,β-unsaturated/α-hetero) is 1. The summed E-state index contributed by atoms with van der Waals surface area (Å²) in [5, 5.41) is 5.62. The minimum Gasteiger partial charge on any atom is -0.444 e. The topological polar surface area (TPSA) is 148 Å². The van der Waals surface area contributed by atoms with Crippen LogP contribution in [0.5, 0.6) is 0 Å². The molecule has 4 rings (SSSR count). The van der Waals surface area contributed by atoms with Gasteiger partial charge in [0.1, 0.15) is 17.7 Å². The van der Waals surface area contributed by atoms with Gasteiger partial charge in [0.2, 0.25) is 17.6 Å². The summed E-state index contributed by atoms with van der Waals surface area (Å²) in [7, 11) is 0. The van der Waals surface area contributed by atoms with E-state index in [0.29, 0.717) is 19.4 Å². The molecule has 0 bridgehead atoms. The highest BCUT2D eigenvalue weighted by Crippen LogP contribution is 2.88. The van der Waals surface area contributed by atoms with Crippen LogP contribution in [-0.2, 0) is 23.9 Å². The van der Waals surface area contributed by atoms with Crippen LogP contribution in [0.15, 0.2) is 0 Å². The molecule has 230 valence electrons. The van der Waals surface area contributed by atoms with Crippen LogP contribution < -0.4 is 16.4 Å². The molecule has 0 aromatic heterocycles. The summed E-state index contributed by atoms with van der Waals surface area (Å²) in [6.07, 6.45) is 6.30. The first-order chi connectivity index (χ1) is 18.8. The van der Waals surface area contributed by atoms with Crippen molar-refractivity contribution in [2.75, 3.05) is 6.54 Å². The van der Waals surface area contributed by atoms with Crippen LogP contribution in [0.4, 0.5) is 4.79 Å². The fourth-order valence-corrected chi connectivity index (χ4v) is 8.04. The highest BCUT2D eigenvalue weighted by atomic mass is 16.6. The van der Waals surface area contributed by atoms with Crippen LogP contribution in [0, 0.1) is 27.6 Å². The van der Waals surface area contributed by atoms with Crippen molar-refractivity contribution >= 4 is 29.6 Å². The maximum Gasteiger partial charge on any atom is 0.408 e. The summed E-state index contributed by atoms with van der Waals surface area (Å²) in [6, 6.07) is -2.79. The van der Waals surface area contributed by atoms with Gasteiger partial charge in [-0.25, -0.2) is 4.79 Å². The Morgan fingerprint density at radius 1 is 0.951 bits per heavy atom. The van der Waals surface area contributed by atoms with Crippen molar-refractivity contribution in [2.24, 2.45) is 33.3 Å². The first kappa shape index (κ1) is 31.3. The molecule has 10 heteroatoms. The first-order valence-corrected chi connectivity index (χ1v) is 15.2. The van der Waals surface area contributed by atoms with E-state index in [0.717, 1.165) is 38.5 Å². The predicted octanol–water partition coefficient (Wildman–Crippen LogP) is 3.45. The van der Waals surface area contributed by atoms with Gasteiger partial charge in [0.15, 0.2) is 0 Å². The highest BCUT2D eigenvalue weighted by molar-refractivity contribution is 6.37. The normalized spacial score (nSPS) is 27.8. The molecule has 1 aliphatic heterocycles. The SMILES string of the molecule is CC(C)(C)OC(=O)N[C@H](C(=O)N1CC2(C[C@H]1C(=O)NC(CC1CCC1)C(=O)C(N)=O)C(C)(C)C21CCC1)C(C)(C)C. The number of rotatable bonds is 8. The van der Waals surface area contributed by atoms with Crippen LogP contribution in [0.25, 0.3) is 0 Å². The van der Waals surface area contributed by atoms with E-state index in [1.807, 2.05) is 20.8 Å². The van der Waals surface area contributed by atoms with Crippen LogP contribution in [0.2, 0.25) is 0 Å². The molecular formula is C31H50N4O6. The molecular weight excluding hydrogens is 524 g/mol. The molecule has 3 aliphatic carbocycles. The average molecular weight is 575 g/mol. The Hall–Kier alpha value is -2.65. The quantitative estimate of drug-likeness (QED) is 0.378. The van der Waals surface area contributed by atoms with Gasteiger partial charge in [-0.15, -0.1) is 0 Å². The van der Waals surface area contributed by atoms with E-state index in [4.69, 9.17) is 10.5 Å². The number of amides is 4. The Bertz CT molecular complexity index is 1110. The molecule has 0 aromatic carbocycles. The van der Waals surface area contributed by atoms with Crippen LogP contribution in [0.3, 0.4) is 0 Å². The number of alkyl carbamates (subject to hydrolysis) is 1.